The molecule has 7 nitrogen and oxygen atoms in total. The smallest absolute Gasteiger partial charge is 0.240 e. The van der Waals surface area contributed by atoms with Gasteiger partial charge in [0.05, 0.1) is 12.6 Å². The molecule has 1 amide bonds. The maximum absolute atomic E-state index is 12.5. The highest BCUT2D eigenvalue weighted by molar-refractivity contribution is 6.13. The Bertz CT molecular complexity index is 739. The lowest BCUT2D eigenvalue weighted by Crippen LogP contribution is -2.61. The summed E-state index contributed by atoms with van der Waals surface area (Å²) in [5.74, 6) is 0.714. The Morgan fingerprint density at radius 1 is 1.29 bits per heavy atom. The fourth-order valence-corrected chi connectivity index (χ4v) is 4.70. The molecule has 0 aromatic heterocycles. The van der Waals surface area contributed by atoms with E-state index in [9.17, 15) is 4.79 Å². The lowest BCUT2D eigenvalue weighted by molar-refractivity contribution is -0.122. The van der Waals surface area contributed by atoms with E-state index in [2.05, 4.69) is 54.1 Å². The molecule has 0 saturated carbocycles. The van der Waals surface area contributed by atoms with Crippen molar-refractivity contribution >= 4 is 17.5 Å². The fourth-order valence-electron chi connectivity index (χ4n) is 4.70. The SMILES string of the molecule is CC=CC(=CCCCN1CC(=O)NC(C(=N)CC)C1=NC(C)OC(C)CCC)CN1CCCC1. The van der Waals surface area contributed by atoms with Crippen molar-refractivity contribution in [2.24, 2.45) is 4.99 Å². The minimum Gasteiger partial charge on any atom is -0.354 e. The molecule has 2 aliphatic heterocycles. The van der Waals surface area contributed by atoms with Crippen LogP contribution in [0, 0.1) is 5.41 Å². The molecular formula is C27H47N5O2. The van der Waals surface area contributed by atoms with E-state index in [-0.39, 0.29) is 24.8 Å². The number of likely N-dealkylation sites (tertiary alicyclic amines) is 1. The van der Waals surface area contributed by atoms with Gasteiger partial charge in [-0.3, -0.25) is 9.69 Å². The average Bonchev–Trinajstić information content (AvgIpc) is 3.30. The van der Waals surface area contributed by atoms with Gasteiger partial charge in [0.1, 0.15) is 18.1 Å². The molecule has 0 radical (unpaired) electrons. The summed E-state index contributed by atoms with van der Waals surface area (Å²) in [6, 6.07) is -0.469. The van der Waals surface area contributed by atoms with Gasteiger partial charge in [-0.15, -0.1) is 0 Å². The maximum Gasteiger partial charge on any atom is 0.240 e. The number of amides is 1. The lowest BCUT2D eigenvalue weighted by Gasteiger charge is -2.37. The summed E-state index contributed by atoms with van der Waals surface area (Å²) >= 11 is 0. The van der Waals surface area contributed by atoms with Crippen LogP contribution in [-0.2, 0) is 9.53 Å². The van der Waals surface area contributed by atoms with Gasteiger partial charge in [-0.1, -0.05) is 38.5 Å². The van der Waals surface area contributed by atoms with Crippen LogP contribution >= 0.6 is 0 Å². The number of aliphatic imine (C=N–C) groups is 1. The van der Waals surface area contributed by atoms with E-state index in [4.69, 9.17) is 15.1 Å². The molecule has 0 aromatic carbocycles. The Kier molecular flexibility index (Phi) is 12.5. The second-order valence-electron chi connectivity index (χ2n) is 9.53. The third-order valence-corrected chi connectivity index (χ3v) is 6.41. The molecule has 34 heavy (non-hydrogen) atoms. The summed E-state index contributed by atoms with van der Waals surface area (Å²) < 4.78 is 6.06. The molecule has 2 N–H and O–H groups in total. The van der Waals surface area contributed by atoms with E-state index in [1.807, 2.05) is 13.8 Å². The van der Waals surface area contributed by atoms with Crippen LogP contribution in [0.15, 0.2) is 28.8 Å². The molecule has 0 aromatic rings. The molecule has 3 atom stereocenters. The van der Waals surface area contributed by atoms with Crippen LogP contribution < -0.4 is 5.32 Å². The summed E-state index contributed by atoms with van der Waals surface area (Å²) in [6.07, 6.45) is 13.6. The Morgan fingerprint density at radius 2 is 2.03 bits per heavy atom. The number of amidine groups is 1. The number of piperazine rings is 1. The number of carbonyl (C=O) groups is 1. The molecule has 0 spiro atoms. The first-order valence-electron chi connectivity index (χ1n) is 13.3. The van der Waals surface area contributed by atoms with Crippen LogP contribution in [0.2, 0.25) is 0 Å². The van der Waals surface area contributed by atoms with Crippen LogP contribution in [0.25, 0.3) is 0 Å². The van der Waals surface area contributed by atoms with E-state index < -0.39 is 6.04 Å². The number of nitrogens with one attached hydrogen (secondary N) is 2. The summed E-state index contributed by atoms with van der Waals surface area (Å²) in [7, 11) is 0. The van der Waals surface area contributed by atoms with E-state index in [0.29, 0.717) is 12.1 Å². The van der Waals surface area contributed by atoms with Crippen molar-refractivity contribution in [3.63, 3.8) is 0 Å². The normalized spacial score (nSPS) is 23.0. The first-order valence-corrected chi connectivity index (χ1v) is 13.3. The van der Waals surface area contributed by atoms with Crippen LogP contribution in [0.5, 0.6) is 0 Å². The average molecular weight is 474 g/mol. The van der Waals surface area contributed by atoms with Crippen LogP contribution in [0.1, 0.15) is 79.6 Å². The molecule has 0 aliphatic carbocycles. The van der Waals surface area contributed by atoms with E-state index in [1.54, 1.807) is 0 Å². The van der Waals surface area contributed by atoms with Gasteiger partial charge in [0.15, 0.2) is 0 Å². The van der Waals surface area contributed by atoms with Crippen molar-refractivity contribution in [3.05, 3.63) is 23.8 Å². The van der Waals surface area contributed by atoms with Crippen LogP contribution in [0.3, 0.4) is 0 Å². The van der Waals surface area contributed by atoms with Gasteiger partial charge < -0.3 is 20.4 Å². The Hall–Kier alpha value is -1.99. The molecule has 7 heteroatoms. The molecule has 2 heterocycles. The van der Waals surface area contributed by atoms with Gasteiger partial charge in [-0.25, -0.2) is 4.99 Å². The highest BCUT2D eigenvalue weighted by atomic mass is 16.5. The zero-order valence-corrected chi connectivity index (χ0v) is 22.1. The van der Waals surface area contributed by atoms with Crippen molar-refractivity contribution in [2.75, 3.05) is 32.7 Å². The Labute approximate surface area is 207 Å². The van der Waals surface area contributed by atoms with E-state index >= 15 is 0 Å². The topological polar surface area (TPSA) is 81.0 Å². The largest absolute Gasteiger partial charge is 0.354 e. The fraction of sp³-hybridized carbons (Fsp3) is 0.741. The predicted molar refractivity (Wildman–Crippen MR) is 142 cm³/mol. The molecule has 2 rings (SSSR count). The first-order chi connectivity index (χ1) is 16.4. The summed E-state index contributed by atoms with van der Waals surface area (Å²) in [6.45, 7) is 14.6. The Morgan fingerprint density at radius 3 is 2.68 bits per heavy atom. The second kappa shape index (κ2) is 15.1. The van der Waals surface area contributed by atoms with E-state index in [1.165, 1.54) is 31.5 Å². The van der Waals surface area contributed by atoms with Crippen molar-refractivity contribution in [1.29, 1.82) is 5.41 Å². The zero-order valence-electron chi connectivity index (χ0n) is 22.1. The second-order valence-corrected chi connectivity index (χ2v) is 9.53. The number of rotatable bonds is 14. The number of carbonyl (C=O) groups excluding carboxylic acids is 1. The number of ether oxygens (including phenoxy) is 1. The molecule has 2 saturated heterocycles. The third-order valence-electron chi connectivity index (χ3n) is 6.41. The molecule has 3 unspecified atom stereocenters. The van der Waals surface area contributed by atoms with Gasteiger partial charge in [-0.2, -0.15) is 0 Å². The lowest BCUT2D eigenvalue weighted by atomic mass is 10.0. The number of hydrogen-bond donors (Lipinski definition) is 2. The summed E-state index contributed by atoms with van der Waals surface area (Å²) in [5.41, 5.74) is 1.85. The molecule has 2 fully saturated rings. The van der Waals surface area contributed by atoms with Crippen LogP contribution in [-0.4, -0.2) is 78.4 Å². The van der Waals surface area contributed by atoms with Gasteiger partial charge in [0, 0.05) is 18.8 Å². The highest BCUT2D eigenvalue weighted by Gasteiger charge is 2.33. The van der Waals surface area contributed by atoms with E-state index in [0.717, 1.165) is 44.6 Å². The summed E-state index contributed by atoms with van der Waals surface area (Å²) in [4.78, 5) is 21.9. The van der Waals surface area contributed by atoms with Gasteiger partial charge >= 0.3 is 0 Å². The highest BCUT2D eigenvalue weighted by Crippen LogP contribution is 2.15. The zero-order chi connectivity index (χ0) is 24.9. The predicted octanol–water partition coefficient (Wildman–Crippen LogP) is 4.54. The minimum atomic E-state index is -0.469. The van der Waals surface area contributed by atoms with Crippen LogP contribution in [0.4, 0.5) is 0 Å². The Balaban J connectivity index is 2.07. The van der Waals surface area contributed by atoms with Crippen molar-refractivity contribution < 1.29 is 9.53 Å². The number of nitrogens with zero attached hydrogens (tertiary/aromatic N) is 3. The first kappa shape index (κ1) is 28.2. The molecular weight excluding hydrogens is 426 g/mol. The maximum atomic E-state index is 12.5. The molecule has 2 aliphatic rings. The standard InChI is InChI=1S/C27H47N5O2/c1-6-13-21(4)34-22(5)29-27-26(24(28)8-3)30-25(33)20-32(27)18-10-9-15-23(14-7-2)19-31-16-11-12-17-31/h7,14-15,21-22,26,28H,6,8-13,16-20H2,1-5H3,(H,30,33). The molecule has 192 valence electrons. The number of hydrogen-bond acceptors (Lipinski definition) is 5. The minimum absolute atomic E-state index is 0.0470. The van der Waals surface area contributed by atoms with Gasteiger partial charge in [0.25, 0.3) is 0 Å². The van der Waals surface area contributed by atoms with Gasteiger partial charge in [-0.05, 0) is 78.0 Å². The quantitative estimate of drug-likeness (QED) is 0.220. The monoisotopic (exact) mass is 473 g/mol. The number of allylic oxidation sites excluding steroid dienone is 2. The summed E-state index contributed by atoms with van der Waals surface area (Å²) in [5, 5.41) is 11.4. The van der Waals surface area contributed by atoms with Crippen molar-refractivity contribution in [3.8, 4) is 0 Å². The number of unbranched alkanes of at least 4 members (excludes halogenated alkanes) is 1. The molecule has 0 bridgehead atoms. The van der Waals surface area contributed by atoms with Crippen molar-refractivity contribution in [2.45, 2.75) is 97.9 Å². The van der Waals surface area contributed by atoms with Crippen molar-refractivity contribution in [1.82, 2.24) is 15.1 Å². The van der Waals surface area contributed by atoms with Gasteiger partial charge in [0.2, 0.25) is 5.91 Å². The third kappa shape index (κ3) is 9.34.